The minimum absolute atomic E-state index is 0.0727. The largest absolute Gasteiger partial charge is 0.465 e. The average Bonchev–Trinajstić information content (AvgIpc) is 3.54. The number of H-pyrrole nitrogens is 1. The quantitative estimate of drug-likeness (QED) is 0.456. The topological polar surface area (TPSA) is 107 Å². The maximum Gasteiger partial charge on any atom is 0.330 e. The molecule has 2 saturated carbocycles. The summed E-state index contributed by atoms with van der Waals surface area (Å²) < 4.78 is 6.64. The molecule has 0 unspecified atom stereocenters. The van der Waals surface area contributed by atoms with Crippen LogP contribution in [0.2, 0.25) is 0 Å². The summed E-state index contributed by atoms with van der Waals surface area (Å²) in [6.07, 6.45) is 5.37. The van der Waals surface area contributed by atoms with Crippen molar-refractivity contribution in [1.82, 2.24) is 19.5 Å². The van der Waals surface area contributed by atoms with Crippen LogP contribution in [0.1, 0.15) is 56.3 Å². The molecular weight excluding hydrogens is 368 g/mol. The van der Waals surface area contributed by atoms with E-state index in [4.69, 9.17) is 4.74 Å². The fourth-order valence-electron chi connectivity index (χ4n) is 3.53. The normalized spacial score (nSPS) is 22.4. The number of aromatic amines is 1. The fourth-order valence-corrected chi connectivity index (χ4v) is 4.61. The SMILES string of the molecule is O=C1OCC[C@H]1CCSc1nc(C2CC2)nc2c1c(=O)[nH]c(=O)n2C1CC1. The molecule has 9 heteroatoms. The molecule has 27 heavy (non-hydrogen) atoms. The number of carbonyl (C=O) groups excluding carboxylic acids is 1. The van der Waals surface area contributed by atoms with Crippen LogP contribution < -0.4 is 11.2 Å². The Morgan fingerprint density at radius 1 is 1.11 bits per heavy atom. The van der Waals surface area contributed by atoms with Gasteiger partial charge in [0, 0.05) is 17.7 Å². The van der Waals surface area contributed by atoms with E-state index in [1.54, 1.807) is 4.57 Å². The Kier molecular flexibility index (Phi) is 4.07. The molecule has 0 aromatic carbocycles. The molecule has 2 aromatic heterocycles. The zero-order valence-corrected chi connectivity index (χ0v) is 15.6. The van der Waals surface area contributed by atoms with Crippen molar-refractivity contribution in [2.24, 2.45) is 5.92 Å². The highest BCUT2D eigenvalue weighted by Crippen LogP contribution is 2.41. The van der Waals surface area contributed by atoms with Gasteiger partial charge in [0.15, 0.2) is 5.65 Å². The number of aromatic nitrogens is 4. The number of nitrogens with zero attached hydrogens (tertiary/aromatic N) is 3. The van der Waals surface area contributed by atoms with Gasteiger partial charge in [-0.15, -0.1) is 11.8 Å². The third-order valence-corrected chi connectivity index (χ3v) is 6.38. The van der Waals surface area contributed by atoms with Gasteiger partial charge in [0.25, 0.3) is 5.56 Å². The van der Waals surface area contributed by atoms with Crippen LogP contribution in [0.15, 0.2) is 14.6 Å². The molecular formula is C18H20N4O4S. The highest BCUT2D eigenvalue weighted by molar-refractivity contribution is 7.99. The van der Waals surface area contributed by atoms with Gasteiger partial charge in [0.1, 0.15) is 16.2 Å². The maximum absolute atomic E-state index is 12.5. The summed E-state index contributed by atoms with van der Waals surface area (Å²) in [4.78, 5) is 48.3. The Labute approximate surface area is 158 Å². The Morgan fingerprint density at radius 3 is 2.59 bits per heavy atom. The van der Waals surface area contributed by atoms with Crippen LogP contribution in [0, 0.1) is 5.92 Å². The molecule has 1 atom stereocenters. The minimum atomic E-state index is -0.433. The lowest BCUT2D eigenvalue weighted by molar-refractivity contribution is -0.141. The van der Waals surface area contributed by atoms with Gasteiger partial charge < -0.3 is 4.74 Å². The Bertz CT molecular complexity index is 1040. The summed E-state index contributed by atoms with van der Waals surface area (Å²) >= 11 is 1.46. The van der Waals surface area contributed by atoms with E-state index in [2.05, 4.69) is 15.0 Å². The van der Waals surface area contributed by atoms with Crippen LogP contribution in [-0.4, -0.2) is 37.8 Å². The third kappa shape index (κ3) is 3.18. The Morgan fingerprint density at radius 2 is 1.93 bits per heavy atom. The zero-order chi connectivity index (χ0) is 18.5. The van der Waals surface area contributed by atoms with Gasteiger partial charge in [-0.25, -0.2) is 14.8 Å². The van der Waals surface area contributed by atoms with Gasteiger partial charge in [-0.05, 0) is 38.5 Å². The molecule has 0 amide bonds. The second kappa shape index (κ2) is 6.47. The van der Waals surface area contributed by atoms with Crippen molar-refractivity contribution >= 4 is 28.8 Å². The van der Waals surface area contributed by atoms with Crippen molar-refractivity contribution in [2.75, 3.05) is 12.4 Å². The van der Waals surface area contributed by atoms with Crippen molar-refractivity contribution in [3.63, 3.8) is 0 Å². The predicted molar refractivity (Wildman–Crippen MR) is 99.1 cm³/mol. The van der Waals surface area contributed by atoms with Gasteiger partial charge in [-0.1, -0.05) is 0 Å². The van der Waals surface area contributed by atoms with Crippen LogP contribution >= 0.6 is 11.8 Å². The molecule has 2 aliphatic carbocycles. The van der Waals surface area contributed by atoms with Crippen molar-refractivity contribution < 1.29 is 9.53 Å². The molecule has 5 rings (SSSR count). The first-order chi connectivity index (χ1) is 13.1. The Balaban J connectivity index is 1.53. The van der Waals surface area contributed by atoms with E-state index in [9.17, 15) is 14.4 Å². The summed E-state index contributed by atoms with van der Waals surface area (Å²) in [7, 11) is 0. The molecule has 0 radical (unpaired) electrons. The van der Waals surface area contributed by atoms with E-state index >= 15 is 0 Å². The van der Waals surface area contributed by atoms with Crippen LogP contribution in [0.25, 0.3) is 11.0 Å². The summed E-state index contributed by atoms with van der Waals surface area (Å²) in [5.74, 6) is 1.50. The number of rotatable bonds is 6. The third-order valence-electron chi connectivity index (χ3n) is 5.37. The molecule has 0 bridgehead atoms. The van der Waals surface area contributed by atoms with E-state index < -0.39 is 5.56 Å². The Hall–Kier alpha value is -2.16. The van der Waals surface area contributed by atoms with Gasteiger partial charge >= 0.3 is 11.7 Å². The number of ether oxygens (including phenoxy) is 1. The lowest BCUT2D eigenvalue weighted by Crippen LogP contribution is -2.31. The van der Waals surface area contributed by atoms with Crippen molar-refractivity contribution in [3.05, 3.63) is 26.7 Å². The monoisotopic (exact) mass is 388 g/mol. The number of cyclic esters (lactones) is 1. The number of hydrogen-bond donors (Lipinski definition) is 1. The molecule has 0 spiro atoms. The molecule has 1 aliphatic heterocycles. The van der Waals surface area contributed by atoms with Crippen LogP contribution in [0.5, 0.6) is 0 Å². The molecule has 3 aliphatic rings. The number of nitrogens with one attached hydrogen (secondary N) is 1. The summed E-state index contributed by atoms with van der Waals surface area (Å²) in [6.45, 7) is 0.490. The second-order valence-corrected chi connectivity index (χ2v) is 8.59. The number of fused-ring (bicyclic) bond motifs is 1. The van der Waals surface area contributed by atoms with Gasteiger partial charge in [0.05, 0.1) is 12.5 Å². The standard InChI is InChI=1S/C18H20N4O4S/c23-15-12-14(22(11-3-4-11)18(25)21-15)19-13(9-1-2-9)20-16(12)27-8-6-10-5-7-26-17(10)24/h9-11H,1-8H2,(H,21,23,25)/t10-/m0/s1. The first-order valence-electron chi connectivity index (χ1n) is 9.47. The summed E-state index contributed by atoms with van der Waals surface area (Å²) in [5, 5.41) is 1.01. The van der Waals surface area contributed by atoms with Crippen LogP contribution in [0.4, 0.5) is 0 Å². The van der Waals surface area contributed by atoms with E-state index in [0.29, 0.717) is 40.8 Å². The molecule has 1 N–H and O–H groups in total. The lowest BCUT2D eigenvalue weighted by atomic mass is 10.1. The first kappa shape index (κ1) is 17.0. The molecule has 142 valence electrons. The number of esters is 1. The minimum Gasteiger partial charge on any atom is -0.465 e. The number of hydrogen-bond acceptors (Lipinski definition) is 7. The molecule has 2 aromatic rings. The van der Waals surface area contributed by atoms with Crippen molar-refractivity contribution in [1.29, 1.82) is 0 Å². The zero-order valence-electron chi connectivity index (χ0n) is 14.8. The number of thioether (sulfide) groups is 1. The van der Waals surface area contributed by atoms with Crippen molar-refractivity contribution in [3.8, 4) is 0 Å². The lowest BCUT2D eigenvalue weighted by Gasteiger charge is -2.12. The second-order valence-electron chi connectivity index (χ2n) is 7.51. The maximum atomic E-state index is 12.5. The van der Waals surface area contributed by atoms with E-state index in [1.165, 1.54) is 11.8 Å². The van der Waals surface area contributed by atoms with E-state index in [-0.39, 0.29) is 23.6 Å². The summed E-state index contributed by atoms with van der Waals surface area (Å²) in [6, 6.07) is 0.116. The van der Waals surface area contributed by atoms with Gasteiger partial charge in [0.2, 0.25) is 0 Å². The van der Waals surface area contributed by atoms with Gasteiger partial charge in [-0.3, -0.25) is 19.1 Å². The first-order valence-corrected chi connectivity index (χ1v) is 10.5. The van der Waals surface area contributed by atoms with E-state index in [1.807, 2.05) is 0 Å². The molecule has 3 fully saturated rings. The molecule has 8 nitrogen and oxygen atoms in total. The smallest absolute Gasteiger partial charge is 0.330 e. The fraction of sp³-hybridized carbons (Fsp3) is 0.611. The predicted octanol–water partition coefficient (Wildman–Crippen LogP) is 1.74. The average molecular weight is 388 g/mol. The molecule has 3 heterocycles. The van der Waals surface area contributed by atoms with Crippen LogP contribution in [0.3, 0.4) is 0 Å². The van der Waals surface area contributed by atoms with Gasteiger partial charge in [-0.2, -0.15) is 0 Å². The highest BCUT2D eigenvalue weighted by Gasteiger charge is 2.32. The number of carbonyl (C=O) groups is 1. The van der Waals surface area contributed by atoms with E-state index in [0.717, 1.165) is 37.9 Å². The van der Waals surface area contributed by atoms with Crippen molar-refractivity contribution in [2.45, 2.75) is 55.5 Å². The van der Waals surface area contributed by atoms with Crippen LogP contribution in [-0.2, 0) is 9.53 Å². The summed E-state index contributed by atoms with van der Waals surface area (Å²) in [5.41, 5.74) is -0.358. The highest BCUT2D eigenvalue weighted by atomic mass is 32.2. The molecule has 1 saturated heterocycles.